The molecule has 7 heteroatoms. The highest BCUT2D eigenvalue weighted by molar-refractivity contribution is 5.98. The van der Waals surface area contributed by atoms with Gasteiger partial charge in [-0.25, -0.2) is 0 Å². The molecule has 0 aliphatic carbocycles. The summed E-state index contributed by atoms with van der Waals surface area (Å²) in [7, 11) is 0. The van der Waals surface area contributed by atoms with Crippen molar-refractivity contribution in [3.63, 3.8) is 0 Å². The summed E-state index contributed by atoms with van der Waals surface area (Å²) in [5.74, 6) is -0.397. The zero-order valence-corrected chi connectivity index (χ0v) is 16.2. The number of hydrogen-bond acceptors (Lipinski definition) is 4. The van der Waals surface area contributed by atoms with Gasteiger partial charge in [0.2, 0.25) is 11.8 Å². The van der Waals surface area contributed by atoms with E-state index >= 15 is 0 Å². The fourth-order valence-electron chi connectivity index (χ4n) is 3.32. The lowest BCUT2D eigenvalue weighted by molar-refractivity contribution is -0.135. The maximum Gasteiger partial charge on any atom is 0.254 e. The molecule has 0 bridgehead atoms. The van der Waals surface area contributed by atoms with Gasteiger partial charge < -0.3 is 15.1 Å². The number of nitrogens with zero attached hydrogens (tertiary/aromatic N) is 3. The van der Waals surface area contributed by atoms with Gasteiger partial charge in [-0.1, -0.05) is 12.2 Å². The lowest BCUT2D eigenvalue weighted by Gasteiger charge is -2.28. The van der Waals surface area contributed by atoms with Crippen molar-refractivity contribution in [3.8, 4) is 0 Å². The van der Waals surface area contributed by atoms with Gasteiger partial charge in [0, 0.05) is 50.1 Å². The van der Waals surface area contributed by atoms with Gasteiger partial charge in [-0.3, -0.25) is 19.4 Å². The molecule has 146 valence electrons. The van der Waals surface area contributed by atoms with E-state index in [0.29, 0.717) is 38.0 Å². The lowest BCUT2D eigenvalue weighted by Crippen LogP contribution is -2.47. The predicted molar refractivity (Wildman–Crippen MR) is 103 cm³/mol. The van der Waals surface area contributed by atoms with Crippen LogP contribution in [-0.4, -0.2) is 64.2 Å². The Bertz CT molecular complexity index is 686. The largest absolute Gasteiger partial charge is 0.351 e. The summed E-state index contributed by atoms with van der Waals surface area (Å²) < 4.78 is 0. The number of likely N-dealkylation sites (tertiary alicyclic amines) is 1. The maximum atomic E-state index is 13.0. The van der Waals surface area contributed by atoms with Gasteiger partial charge in [-0.15, -0.1) is 0 Å². The minimum Gasteiger partial charge on any atom is -0.351 e. The van der Waals surface area contributed by atoms with Crippen LogP contribution in [0.25, 0.3) is 0 Å². The van der Waals surface area contributed by atoms with E-state index < -0.39 is 6.04 Å². The average molecular weight is 372 g/mol. The van der Waals surface area contributed by atoms with Crippen LogP contribution in [0.5, 0.6) is 0 Å². The van der Waals surface area contributed by atoms with Crippen molar-refractivity contribution >= 4 is 17.7 Å². The first kappa shape index (κ1) is 20.6. The van der Waals surface area contributed by atoms with E-state index in [-0.39, 0.29) is 23.8 Å². The third-order valence-corrected chi connectivity index (χ3v) is 4.75. The monoisotopic (exact) mass is 372 g/mol. The van der Waals surface area contributed by atoms with E-state index in [2.05, 4.69) is 10.3 Å². The topological polar surface area (TPSA) is 82.6 Å². The highest BCUT2D eigenvalue weighted by atomic mass is 16.2. The van der Waals surface area contributed by atoms with Crippen LogP contribution in [0.1, 0.15) is 44.0 Å². The lowest BCUT2D eigenvalue weighted by atomic mass is 10.1. The molecule has 0 aromatic carbocycles. The molecule has 1 aromatic rings. The van der Waals surface area contributed by atoms with Crippen molar-refractivity contribution in [2.75, 3.05) is 19.6 Å². The molecule has 7 nitrogen and oxygen atoms in total. The molecule has 0 radical (unpaired) electrons. The Kier molecular flexibility index (Phi) is 7.52. The molecule has 2 heterocycles. The van der Waals surface area contributed by atoms with Crippen LogP contribution < -0.4 is 5.32 Å². The molecule has 1 saturated heterocycles. The van der Waals surface area contributed by atoms with Crippen molar-refractivity contribution < 1.29 is 14.4 Å². The Morgan fingerprint density at radius 1 is 1.26 bits per heavy atom. The van der Waals surface area contributed by atoms with Gasteiger partial charge in [-0.2, -0.15) is 0 Å². The normalized spacial score (nSPS) is 19.3. The molecule has 1 fully saturated rings. The number of likely N-dealkylation sites (N-methyl/N-ethyl adjacent to an activating group) is 1. The summed E-state index contributed by atoms with van der Waals surface area (Å²) in [6, 6.07) is 2.47. The fraction of sp³-hybridized carbons (Fsp3) is 0.500. The summed E-state index contributed by atoms with van der Waals surface area (Å²) in [6.07, 6.45) is 7.43. The second-order valence-corrected chi connectivity index (χ2v) is 6.49. The van der Waals surface area contributed by atoms with Gasteiger partial charge in [0.25, 0.3) is 5.91 Å². The molecular formula is C20H28N4O3. The van der Waals surface area contributed by atoms with Gasteiger partial charge in [-0.05, 0) is 39.3 Å². The smallest absolute Gasteiger partial charge is 0.254 e. The van der Waals surface area contributed by atoms with Crippen molar-refractivity contribution in [1.29, 1.82) is 0 Å². The van der Waals surface area contributed by atoms with Crippen molar-refractivity contribution in [2.45, 2.75) is 45.7 Å². The van der Waals surface area contributed by atoms with Crippen LogP contribution >= 0.6 is 0 Å². The van der Waals surface area contributed by atoms with Crippen LogP contribution in [0.4, 0.5) is 0 Å². The quantitative estimate of drug-likeness (QED) is 0.737. The Morgan fingerprint density at radius 3 is 2.52 bits per heavy atom. The van der Waals surface area contributed by atoms with Crippen LogP contribution in [0.3, 0.4) is 0 Å². The summed E-state index contributed by atoms with van der Waals surface area (Å²) in [5, 5.41) is 2.94. The van der Waals surface area contributed by atoms with Gasteiger partial charge in [0.15, 0.2) is 0 Å². The number of nitrogens with one attached hydrogen (secondary N) is 1. The Morgan fingerprint density at radius 2 is 1.93 bits per heavy atom. The maximum absolute atomic E-state index is 13.0. The van der Waals surface area contributed by atoms with E-state index in [4.69, 9.17) is 0 Å². The number of hydrogen-bond donors (Lipinski definition) is 1. The molecule has 1 aliphatic rings. The first-order valence-electron chi connectivity index (χ1n) is 9.42. The standard InChI is InChI=1S/C20H28N4O3/c1-4-7-8-18(25)22-16-13-17(20(27)23(5-2)6-3)24(14-16)19(26)15-9-11-21-12-10-15/h4,7,9-12,16-17H,5-6,8,13-14H2,1-3H3,(H,22,25)/b7-4+/t16-,17-/m0/s1. The third-order valence-electron chi connectivity index (χ3n) is 4.75. The highest BCUT2D eigenvalue weighted by Gasteiger charge is 2.41. The Balaban J connectivity index is 2.20. The Labute approximate surface area is 160 Å². The van der Waals surface area contributed by atoms with Gasteiger partial charge in [0.05, 0.1) is 0 Å². The predicted octanol–water partition coefficient (Wildman–Crippen LogP) is 1.62. The molecule has 1 aromatic heterocycles. The number of amides is 3. The number of carbonyl (C=O) groups excluding carboxylic acids is 3. The van der Waals surface area contributed by atoms with Crippen LogP contribution in [0, 0.1) is 0 Å². The van der Waals surface area contributed by atoms with E-state index in [1.165, 1.54) is 0 Å². The molecule has 0 spiro atoms. The molecule has 2 atom stereocenters. The number of rotatable bonds is 7. The van der Waals surface area contributed by atoms with E-state index in [1.54, 1.807) is 40.4 Å². The zero-order chi connectivity index (χ0) is 19.8. The summed E-state index contributed by atoms with van der Waals surface area (Å²) >= 11 is 0. The number of allylic oxidation sites excluding steroid dienone is 1. The second-order valence-electron chi connectivity index (χ2n) is 6.49. The summed E-state index contributed by atoms with van der Waals surface area (Å²) in [6.45, 7) is 7.18. The van der Waals surface area contributed by atoms with E-state index in [9.17, 15) is 14.4 Å². The van der Waals surface area contributed by atoms with Gasteiger partial charge in [0.1, 0.15) is 6.04 Å². The highest BCUT2D eigenvalue weighted by Crippen LogP contribution is 2.23. The molecule has 1 N–H and O–H groups in total. The minimum absolute atomic E-state index is 0.0763. The minimum atomic E-state index is -0.572. The molecule has 27 heavy (non-hydrogen) atoms. The van der Waals surface area contributed by atoms with Crippen molar-refractivity contribution in [3.05, 3.63) is 42.2 Å². The SMILES string of the molecule is C/C=C/CC(=O)N[C@H]1C[C@@H](C(=O)N(CC)CC)N(C(=O)c2ccncc2)C1. The second kappa shape index (κ2) is 9.85. The third kappa shape index (κ3) is 5.15. The number of aromatic nitrogens is 1. The first-order chi connectivity index (χ1) is 13.0. The molecule has 0 saturated carbocycles. The number of carbonyl (C=O) groups is 3. The molecule has 1 aliphatic heterocycles. The molecule has 0 unspecified atom stereocenters. The Hall–Kier alpha value is -2.70. The van der Waals surface area contributed by atoms with Crippen LogP contribution in [0.2, 0.25) is 0 Å². The summed E-state index contributed by atoms with van der Waals surface area (Å²) in [5.41, 5.74) is 0.489. The molecule has 2 rings (SSSR count). The zero-order valence-electron chi connectivity index (χ0n) is 16.2. The first-order valence-corrected chi connectivity index (χ1v) is 9.42. The summed E-state index contributed by atoms with van der Waals surface area (Å²) in [4.78, 5) is 45.2. The van der Waals surface area contributed by atoms with Crippen molar-refractivity contribution in [1.82, 2.24) is 20.1 Å². The fourth-order valence-corrected chi connectivity index (χ4v) is 3.32. The van der Waals surface area contributed by atoms with Gasteiger partial charge >= 0.3 is 0 Å². The molecule has 3 amide bonds. The van der Waals surface area contributed by atoms with Crippen LogP contribution in [0.15, 0.2) is 36.7 Å². The molecular weight excluding hydrogens is 344 g/mol. The van der Waals surface area contributed by atoms with Crippen molar-refractivity contribution in [2.24, 2.45) is 0 Å². The van der Waals surface area contributed by atoms with Crippen LogP contribution in [-0.2, 0) is 9.59 Å². The number of pyridine rings is 1. The van der Waals surface area contributed by atoms with E-state index in [1.807, 2.05) is 26.8 Å². The van der Waals surface area contributed by atoms with E-state index in [0.717, 1.165) is 0 Å². The average Bonchev–Trinajstić information content (AvgIpc) is 3.10.